The molecular weight excluding hydrogens is 1000 g/mol. The zero-order chi connectivity index (χ0) is 59.2. The van der Waals surface area contributed by atoms with Crippen LogP contribution in [0.3, 0.4) is 0 Å². The number of ether oxygens (including phenoxy) is 4. The van der Waals surface area contributed by atoms with Crippen molar-refractivity contribution in [3.05, 3.63) is 106 Å². The van der Waals surface area contributed by atoms with E-state index in [1.165, 1.54) is 48.3 Å². The summed E-state index contributed by atoms with van der Waals surface area (Å²) in [6.07, 6.45) is 0.301. The molecule has 0 saturated carbocycles. The molecule has 0 fully saturated rings. The molecule has 2 aromatic carbocycles. The molecule has 64 heavy (non-hydrogen) atoms. The second kappa shape index (κ2) is 24.4. The SMILES string of the molecule is [2H]c1nc(NS(=O)(=O)NC([2H])([2H])C([2H])([2H])C)c(-c2ccc(Br)cc2)c(OC([2H])([2H])C([2H])([2H])Oc2ncc(C)cn2)n1.[2H]c1nc(OCCOc2ncnc(NS(=O)(=O)NCCC)c2-c2c([2H])c([2H])c(Br)c([2H])c2[2H])nc([2H])c1C. The molecule has 0 amide bonds. The molecule has 0 bridgehead atoms. The van der Waals surface area contributed by atoms with E-state index in [1.807, 2.05) is 4.72 Å². The Balaban J connectivity index is 0.000000291. The fourth-order valence-electron chi connectivity index (χ4n) is 4.45. The summed E-state index contributed by atoms with van der Waals surface area (Å²) in [5.74, 6) is -2.03. The summed E-state index contributed by atoms with van der Waals surface area (Å²) in [5, 5.41) is 0. The van der Waals surface area contributed by atoms with E-state index in [0.717, 1.165) is 13.3 Å². The van der Waals surface area contributed by atoms with Crippen molar-refractivity contribution < 1.29 is 56.3 Å². The van der Waals surface area contributed by atoms with Crippen molar-refractivity contribution in [2.45, 2.75) is 40.5 Å². The highest BCUT2D eigenvalue weighted by atomic mass is 79.9. The van der Waals surface area contributed by atoms with Crippen molar-refractivity contribution in [1.82, 2.24) is 49.3 Å². The predicted molar refractivity (Wildman–Crippen MR) is 248 cm³/mol. The minimum absolute atomic E-state index is 0.0728. The molecule has 0 radical (unpaired) electrons. The maximum atomic E-state index is 12.8. The second-order valence-electron chi connectivity index (χ2n) is 12.0. The van der Waals surface area contributed by atoms with E-state index in [1.54, 1.807) is 13.8 Å². The topological polar surface area (TPSA) is 256 Å². The predicted octanol–water partition coefficient (Wildman–Crippen LogP) is 6.24. The van der Waals surface area contributed by atoms with Gasteiger partial charge in [-0.15, -0.1) is 0 Å². The monoisotopic (exact) mass is 1060 g/mol. The van der Waals surface area contributed by atoms with Crippen molar-refractivity contribution >= 4 is 63.9 Å². The van der Waals surface area contributed by atoms with Crippen LogP contribution in [0.25, 0.3) is 22.3 Å². The van der Waals surface area contributed by atoms with E-state index < -0.39 is 94.6 Å². The van der Waals surface area contributed by atoms with Gasteiger partial charge < -0.3 is 18.9 Å². The molecule has 0 unspecified atom stereocenters. The molecule has 0 aliphatic rings. The van der Waals surface area contributed by atoms with Crippen molar-refractivity contribution in [3.63, 3.8) is 0 Å². The molecule has 0 aliphatic heterocycles. The van der Waals surface area contributed by atoms with E-state index in [-0.39, 0.29) is 82.1 Å². The van der Waals surface area contributed by atoms with Crippen LogP contribution < -0.4 is 37.8 Å². The van der Waals surface area contributed by atoms with Gasteiger partial charge in [0.25, 0.3) is 20.4 Å². The van der Waals surface area contributed by atoms with E-state index in [0.29, 0.717) is 16.5 Å². The van der Waals surface area contributed by atoms with Crippen molar-refractivity contribution in [1.29, 1.82) is 0 Å². The highest BCUT2D eigenvalue weighted by molar-refractivity contribution is 9.10. The van der Waals surface area contributed by atoms with Gasteiger partial charge in [0.05, 0.1) is 24.8 Å². The third-order valence-corrected chi connectivity index (χ3v) is 9.95. The summed E-state index contributed by atoms with van der Waals surface area (Å²) in [6.45, 7) is -4.13. The first-order valence-corrected chi connectivity index (χ1v) is 22.6. The number of aryl methyl sites for hydroxylation is 1. The summed E-state index contributed by atoms with van der Waals surface area (Å²) < 4.78 is 201. The molecule has 24 heteroatoms. The van der Waals surface area contributed by atoms with E-state index in [4.69, 9.17) is 39.5 Å². The fourth-order valence-corrected chi connectivity index (χ4v) is 6.56. The Morgan fingerprint density at radius 3 is 1.91 bits per heavy atom. The Labute approximate surface area is 409 Å². The molecule has 4 aromatic heterocycles. The zero-order valence-electron chi connectivity index (χ0n) is 48.8. The van der Waals surface area contributed by atoms with Crippen LogP contribution in [0, 0.1) is 13.8 Å². The summed E-state index contributed by atoms with van der Waals surface area (Å²) in [7, 11) is -9.05. The first kappa shape index (κ1) is 32.1. The van der Waals surface area contributed by atoms with Gasteiger partial charge >= 0.3 is 12.0 Å². The summed E-state index contributed by atoms with van der Waals surface area (Å²) in [4.78, 5) is 30.6. The highest BCUT2D eigenvalue weighted by Crippen LogP contribution is 2.36. The van der Waals surface area contributed by atoms with Gasteiger partial charge in [-0.05, 0) is 73.1 Å². The molecule has 4 N–H and O–H groups in total. The quantitative estimate of drug-likeness (QED) is 0.0549. The van der Waals surface area contributed by atoms with Crippen LogP contribution in [-0.4, -0.2) is 96.1 Å². The Bertz CT molecular complexity index is 3370. The van der Waals surface area contributed by atoms with Gasteiger partial charge in [-0.1, -0.05) is 69.9 Å². The van der Waals surface area contributed by atoms with Gasteiger partial charge in [0.15, 0.2) is 11.6 Å². The van der Waals surface area contributed by atoms with Gasteiger partial charge in [0.1, 0.15) is 40.3 Å². The first-order valence-electron chi connectivity index (χ1n) is 25.6. The van der Waals surface area contributed by atoms with E-state index in [2.05, 4.69) is 81.2 Å². The lowest BCUT2D eigenvalue weighted by Gasteiger charge is -2.15. The number of aromatic nitrogens is 8. The van der Waals surface area contributed by atoms with Crippen LogP contribution in [-0.2, 0) is 20.4 Å². The van der Waals surface area contributed by atoms with E-state index >= 15 is 0 Å². The minimum atomic E-state index is -4.93. The largest absolute Gasteiger partial charge is 0.473 e. The molecule has 4 heterocycles. The van der Waals surface area contributed by atoms with Gasteiger partial charge in [-0.25, -0.2) is 39.9 Å². The van der Waals surface area contributed by atoms with Gasteiger partial charge in [0.2, 0.25) is 11.8 Å². The maximum absolute atomic E-state index is 12.8. The number of hydrogen-bond acceptors (Lipinski definition) is 16. The summed E-state index contributed by atoms with van der Waals surface area (Å²) in [5.41, 5.74) is 0.184. The molecule has 6 aromatic rings. The van der Waals surface area contributed by atoms with Crippen molar-refractivity contribution in [2.75, 3.05) is 48.8 Å². The van der Waals surface area contributed by atoms with Gasteiger partial charge in [-0.2, -0.15) is 26.3 Å². The maximum Gasteiger partial charge on any atom is 0.316 e. The smallest absolute Gasteiger partial charge is 0.316 e. The zero-order valence-corrected chi connectivity index (χ0v) is 38.6. The van der Waals surface area contributed by atoms with Gasteiger partial charge in [0, 0.05) is 52.2 Å². The van der Waals surface area contributed by atoms with Crippen molar-refractivity contribution in [3.8, 4) is 46.0 Å². The molecule has 0 aliphatic carbocycles. The first-order chi connectivity index (χ1) is 36.5. The van der Waals surface area contributed by atoms with Crippen LogP contribution in [0.1, 0.15) is 58.3 Å². The van der Waals surface area contributed by atoms with Crippen LogP contribution in [0.4, 0.5) is 11.6 Å². The summed E-state index contributed by atoms with van der Waals surface area (Å²) >= 11 is 6.28. The number of benzene rings is 2. The Kier molecular flexibility index (Phi) is 12.2. The Hall–Kier alpha value is -5.66. The molecular formula is C40H46Br2N12O8S2. The molecule has 340 valence electrons. The normalized spacial score (nSPS) is 15.5. The Morgan fingerprint density at radius 1 is 0.641 bits per heavy atom. The molecule has 20 nitrogen and oxygen atoms in total. The number of halogens is 2. The number of hydrogen-bond donors (Lipinski definition) is 4. The average molecular weight is 1060 g/mol. The average Bonchev–Trinajstić information content (AvgIpc) is 3.34. The lowest BCUT2D eigenvalue weighted by atomic mass is 10.1. The van der Waals surface area contributed by atoms with Crippen LogP contribution in [0.5, 0.6) is 23.8 Å². The van der Waals surface area contributed by atoms with Crippen LogP contribution in [0.2, 0.25) is 0 Å². The van der Waals surface area contributed by atoms with Gasteiger partial charge in [-0.3, -0.25) is 9.44 Å². The molecule has 0 atom stereocenters. The standard InChI is InChI=1S/2C20H23BrN6O4S/c2*1-3-8-26-32(28,29)27-18-17(15-4-6-16(21)7-5-15)19(25-13-24-18)30-9-10-31-20-22-11-14(2)12-23-20/h2*4-7,11-13,26H,3,8-10H2,1-2H3,(H,24,25,27)/i4D,5D,6D,7D,11D,12D;3D2,8D2,9D2,10D2,13D. The summed E-state index contributed by atoms with van der Waals surface area (Å²) in [6, 6.07) is 3.45. The number of rotatable bonds is 22. The number of nitrogens with one attached hydrogen (secondary N) is 4. The minimum Gasteiger partial charge on any atom is -0.473 e. The van der Waals surface area contributed by atoms with E-state index in [9.17, 15) is 16.8 Å². The van der Waals surface area contributed by atoms with Crippen LogP contribution in [0.15, 0.2) is 94.8 Å². The third-order valence-electron chi connectivity index (χ3n) is 7.15. The van der Waals surface area contributed by atoms with Crippen molar-refractivity contribution in [2.24, 2.45) is 0 Å². The lowest BCUT2D eigenvalue weighted by molar-refractivity contribution is 0.202. The fraction of sp³-hybridized carbons (Fsp3) is 0.300. The molecule has 0 spiro atoms. The molecule has 6 rings (SSSR count). The van der Waals surface area contributed by atoms with Crippen LogP contribution >= 0.6 is 31.9 Å². The number of nitrogens with zero attached hydrogens (tertiary/aromatic N) is 8. The Morgan fingerprint density at radius 2 is 1.23 bits per heavy atom. The second-order valence-corrected chi connectivity index (χ2v) is 16.7. The highest BCUT2D eigenvalue weighted by Gasteiger charge is 2.21. The molecule has 0 saturated heterocycles. The number of anilines is 2. The lowest BCUT2D eigenvalue weighted by Crippen LogP contribution is -2.31. The third kappa shape index (κ3) is 15.8.